The van der Waals surface area contributed by atoms with Crippen molar-refractivity contribution in [1.29, 1.82) is 0 Å². The lowest BCUT2D eigenvalue weighted by Crippen LogP contribution is -2.37. The summed E-state index contributed by atoms with van der Waals surface area (Å²) in [6.07, 6.45) is 2.44. The molecular formula is C16H20F4IN5O2. The van der Waals surface area contributed by atoms with Crippen LogP contribution in [-0.4, -0.2) is 36.3 Å². The monoisotopic (exact) mass is 517 g/mol. The third kappa shape index (κ3) is 6.73. The van der Waals surface area contributed by atoms with Gasteiger partial charge in [0.15, 0.2) is 5.96 Å². The first-order valence-corrected chi connectivity index (χ1v) is 7.80. The summed E-state index contributed by atoms with van der Waals surface area (Å²) in [7, 11) is 2.93. The zero-order valence-electron chi connectivity index (χ0n) is 15.0. The number of ether oxygens (including phenoxy) is 2. The number of hydrogen-bond acceptors (Lipinski definition) is 4. The van der Waals surface area contributed by atoms with E-state index in [-0.39, 0.29) is 54.6 Å². The van der Waals surface area contributed by atoms with E-state index in [0.29, 0.717) is 11.3 Å². The van der Waals surface area contributed by atoms with E-state index in [1.165, 1.54) is 38.7 Å². The molecule has 0 amide bonds. The van der Waals surface area contributed by atoms with Gasteiger partial charge in [-0.1, -0.05) is 0 Å². The SMILES string of the molecule is CN=C(NCc1cc(OC)ccc1OC(F)F)NCc1nccn1C(F)F.I. The lowest BCUT2D eigenvalue weighted by Gasteiger charge is -2.15. The highest BCUT2D eigenvalue weighted by Gasteiger charge is 2.13. The Morgan fingerprint density at radius 2 is 1.93 bits per heavy atom. The van der Waals surface area contributed by atoms with Crippen molar-refractivity contribution < 1.29 is 27.0 Å². The Hall–Kier alpha value is -2.25. The normalized spacial score (nSPS) is 11.4. The number of hydrogen-bond donors (Lipinski definition) is 2. The lowest BCUT2D eigenvalue weighted by atomic mass is 10.2. The van der Waals surface area contributed by atoms with Crippen LogP contribution >= 0.6 is 24.0 Å². The molecule has 2 rings (SSSR count). The molecule has 0 aliphatic heterocycles. The van der Waals surface area contributed by atoms with Crippen LogP contribution in [0.2, 0.25) is 0 Å². The molecule has 0 saturated carbocycles. The van der Waals surface area contributed by atoms with Crippen molar-refractivity contribution in [3.05, 3.63) is 42.0 Å². The topological polar surface area (TPSA) is 72.7 Å². The summed E-state index contributed by atoms with van der Waals surface area (Å²) in [6, 6.07) is 4.41. The molecule has 0 spiro atoms. The molecule has 0 bridgehead atoms. The first-order valence-electron chi connectivity index (χ1n) is 7.80. The molecule has 0 aliphatic rings. The van der Waals surface area contributed by atoms with Crippen molar-refractivity contribution in [1.82, 2.24) is 20.2 Å². The van der Waals surface area contributed by atoms with Gasteiger partial charge in [0.1, 0.15) is 17.3 Å². The second-order valence-corrected chi connectivity index (χ2v) is 5.16. The van der Waals surface area contributed by atoms with E-state index >= 15 is 0 Å². The van der Waals surface area contributed by atoms with Gasteiger partial charge >= 0.3 is 13.2 Å². The zero-order chi connectivity index (χ0) is 19.8. The number of nitrogens with zero attached hydrogens (tertiary/aromatic N) is 3. The molecule has 28 heavy (non-hydrogen) atoms. The predicted molar refractivity (Wildman–Crippen MR) is 106 cm³/mol. The average molecular weight is 517 g/mol. The molecule has 2 aromatic rings. The Morgan fingerprint density at radius 3 is 2.54 bits per heavy atom. The molecule has 1 aromatic heterocycles. The molecule has 0 unspecified atom stereocenters. The van der Waals surface area contributed by atoms with Gasteiger partial charge in [-0.25, -0.2) is 4.98 Å². The number of methoxy groups -OCH3 is 1. The van der Waals surface area contributed by atoms with Gasteiger partial charge in [0, 0.05) is 31.5 Å². The van der Waals surface area contributed by atoms with Crippen LogP contribution in [0.4, 0.5) is 17.6 Å². The van der Waals surface area contributed by atoms with Crippen molar-refractivity contribution in [3.63, 3.8) is 0 Å². The number of aromatic nitrogens is 2. The quantitative estimate of drug-likeness (QED) is 0.243. The highest BCUT2D eigenvalue weighted by atomic mass is 127. The number of aliphatic imine (C=N–C) groups is 1. The van der Waals surface area contributed by atoms with E-state index in [2.05, 4.69) is 25.3 Å². The smallest absolute Gasteiger partial charge is 0.387 e. The van der Waals surface area contributed by atoms with Crippen LogP contribution in [0, 0.1) is 0 Å². The molecule has 0 fully saturated rings. The summed E-state index contributed by atoms with van der Waals surface area (Å²) in [5, 5.41) is 5.72. The van der Waals surface area contributed by atoms with Crippen LogP contribution in [0.25, 0.3) is 0 Å². The van der Waals surface area contributed by atoms with E-state index in [4.69, 9.17) is 4.74 Å². The van der Waals surface area contributed by atoms with Crippen LogP contribution < -0.4 is 20.1 Å². The van der Waals surface area contributed by atoms with E-state index < -0.39 is 13.2 Å². The Labute approximate surface area is 176 Å². The highest BCUT2D eigenvalue weighted by molar-refractivity contribution is 14.0. The largest absolute Gasteiger partial charge is 0.497 e. The van der Waals surface area contributed by atoms with Crippen LogP contribution in [0.5, 0.6) is 11.5 Å². The summed E-state index contributed by atoms with van der Waals surface area (Å²) in [6.45, 7) is -5.59. The summed E-state index contributed by atoms with van der Waals surface area (Å²) in [5.74, 6) is 0.845. The predicted octanol–water partition coefficient (Wildman–Crippen LogP) is 3.37. The first kappa shape index (κ1) is 23.8. The van der Waals surface area contributed by atoms with Crippen molar-refractivity contribution in [2.45, 2.75) is 26.3 Å². The molecule has 156 valence electrons. The molecule has 1 heterocycles. The van der Waals surface area contributed by atoms with E-state index in [1.807, 2.05) is 0 Å². The van der Waals surface area contributed by atoms with Crippen molar-refractivity contribution in [2.75, 3.05) is 14.2 Å². The number of halogens is 5. The van der Waals surface area contributed by atoms with Gasteiger partial charge in [0.05, 0.1) is 13.7 Å². The Morgan fingerprint density at radius 1 is 1.21 bits per heavy atom. The molecule has 0 atom stereocenters. The molecule has 0 aliphatic carbocycles. The second-order valence-electron chi connectivity index (χ2n) is 5.16. The number of alkyl halides is 4. The van der Waals surface area contributed by atoms with Gasteiger partial charge < -0.3 is 20.1 Å². The maximum atomic E-state index is 12.8. The zero-order valence-corrected chi connectivity index (χ0v) is 17.4. The minimum Gasteiger partial charge on any atom is -0.497 e. The number of nitrogens with one attached hydrogen (secondary N) is 2. The number of guanidine groups is 1. The standard InChI is InChI=1S/C16H19F4N5O2.HI/c1-21-16(24-9-13-22-5-6-25(13)14(17)18)23-8-10-7-11(26-2)3-4-12(10)27-15(19)20;/h3-7,14-15H,8-9H2,1-2H3,(H2,21,23,24);1H. The third-order valence-corrected chi connectivity index (χ3v) is 3.53. The van der Waals surface area contributed by atoms with Crippen LogP contribution in [0.1, 0.15) is 17.9 Å². The summed E-state index contributed by atoms with van der Waals surface area (Å²) in [5.41, 5.74) is 0.409. The van der Waals surface area contributed by atoms with Gasteiger partial charge in [0.25, 0.3) is 0 Å². The summed E-state index contributed by atoms with van der Waals surface area (Å²) >= 11 is 0. The first-order chi connectivity index (χ1) is 12.9. The molecule has 0 radical (unpaired) electrons. The maximum Gasteiger partial charge on any atom is 0.387 e. The molecular weight excluding hydrogens is 497 g/mol. The second kappa shape index (κ2) is 11.6. The minimum atomic E-state index is -2.97. The van der Waals surface area contributed by atoms with Gasteiger partial charge in [-0.15, -0.1) is 24.0 Å². The molecule has 1 aromatic carbocycles. The number of rotatable bonds is 8. The Balaban J connectivity index is 0.00000392. The summed E-state index contributed by atoms with van der Waals surface area (Å²) < 4.78 is 61.0. The lowest BCUT2D eigenvalue weighted by molar-refractivity contribution is -0.0505. The van der Waals surface area contributed by atoms with Crippen molar-refractivity contribution in [2.24, 2.45) is 4.99 Å². The molecule has 7 nitrogen and oxygen atoms in total. The highest BCUT2D eigenvalue weighted by Crippen LogP contribution is 2.25. The Kier molecular flexibility index (Phi) is 9.82. The van der Waals surface area contributed by atoms with E-state index in [0.717, 1.165) is 4.57 Å². The van der Waals surface area contributed by atoms with Crippen LogP contribution in [-0.2, 0) is 13.1 Å². The molecule has 2 N–H and O–H groups in total. The van der Waals surface area contributed by atoms with Crippen LogP contribution in [0.3, 0.4) is 0 Å². The fourth-order valence-corrected chi connectivity index (χ4v) is 2.25. The van der Waals surface area contributed by atoms with Crippen molar-refractivity contribution in [3.8, 4) is 11.5 Å². The summed E-state index contributed by atoms with van der Waals surface area (Å²) in [4.78, 5) is 7.81. The van der Waals surface area contributed by atoms with E-state index in [9.17, 15) is 17.6 Å². The average Bonchev–Trinajstić information content (AvgIpc) is 3.11. The Bertz CT molecular complexity index is 773. The molecule has 12 heteroatoms. The number of benzene rings is 1. The van der Waals surface area contributed by atoms with Crippen molar-refractivity contribution >= 4 is 29.9 Å². The fraction of sp³-hybridized carbons (Fsp3) is 0.375. The van der Waals surface area contributed by atoms with E-state index in [1.54, 1.807) is 6.07 Å². The fourth-order valence-electron chi connectivity index (χ4n) is 2.25. The van der Waals surface area contributed by atoms with Gasteiger partial charge in [-0.05, 0) is 18.2 Å². The number of imidazole rings is 1. The minimum absolute atomic E-state index is 0. The third-order valence-electron chi connectivity index (χ3n) is 3.53. The van der Waals surface area contributed by atoms with Gasteiger partial charge in [-0.3, -0.25) is 9.56 Å². The van der Waals surface area contributed by atoms with Gasteiger partial charge in [0.2, 0.25) is 0 Å². The molecule has 0 saturated heterocycles. The maximum absolute atomic E-state index is 12.8. The van der Waals surface area contributed by atoms with Gasteiger partial charge in [-0.2, -0.15) is 17.6 Å². The van der Waals surface area contributed by atoms with Crippen LogP contribution in [0.15, 0.2) is 35.6 Å².